The predicted molar refractivity (Wildman–Crippen MR) is 104 cm³/mol. The van der Waals surface area contributed by atoms with Crippen molar-refractivity contribution in [1.82, 2.24) is 0 Å². The Morgan fingerprint density at radius 2 is 1.74 bits per heavy atom. The number of sulfone groups is 1. The predicted octanol–water partition coefficient (Wildman–Crippen LogP) is 3.46. The molecule has 0 fully saturated rings. The molecule has 0 unspecified atom stereocenters. The van der Waals surface area contributed by atoms with Crippen molar-refractivity contribution in [3.05, 3.63) is 57.6 Å². The van der Waals surface area contributed by atoms with Crippen LogP contribution in [-0.4, -0.2) is 33.2 Å². The zero-order valence-electron chi connectivity index (χ0n) is 15.4. The highest BCUT2D eigenvalue weighted by Gasteiger charge is 2.17. The Hall–Kier alpha value is -2.38. The summed E-state index contributed by atoms with van der Waals surface area (Å²) in [4.78, 5) is 24.4. The lowest BCUT2D eigenvalue weighted by atomic mass is 10.1. The van der Waals surface area contributed by atoms with Gasteiger partial charge >= 0.3 is 5.97 Å². The highest BCUT2D eigenvalue weighted by molar-refractivity contribution is 7.90. The van der Waals surface area contributed by atoms with Gasteiger partial charge in [0.2, 0.25) is 0 Å². The fourth-order valence-electron chi connectivity index (χ4n) is 2.51. The summed E-state index contributed by atoms with van der Waals surface area (Å²) in [5.74, 6) is -1.33. The highest BCUT2D eigenvalue weighted by Crippen LogP contribution is 2.27. The summed E-state index contributed by atoms with van der Waals surface area (Å²) in [6, 6.07) is 7.76. The molecule has 2 rings (SSSR count). The Labute approximate surface area is 163 Å². The van der Waals surface area contributed by atoms with Gasteiger partial charge in [-0.3, -0.25) is 4.79 Å². The molecule has 2 aromatic carbocycles. The molecule has 27 heavy (non-hydrogen) atoms. The molecule has 0 bridgehead atoms. The summed E-state index contributed by atoms with van der Waals surface area (Å²) in [7, 11) is -3.46. The normalized spacial score (nSPS) is 11.1. The molecule has 0 spiro atoms. The van der Waals surface area contributed by atoms with E-state index in [1.54, 1.807) is 19.9 Å². The van der Waals surface area contributed by atoms with E-state index >= 15 is 0 Å². The number of ether oxygens (including phenoxy) is 1. The van der Waals surface area contributed by atoms with Crippen LogP contribution in [-0.2, 0) is 19.4 Å². The van der Waals surface area contributed by atoms with E-state index in [2.05, 4.69) is 5.32 Å². The minimum absolute atomic E-state index is 0.00608. The number of aryl methyl sites for hydroxylation is 3. The van der Waals surface area contributed by atoms with Crippen LogP contribution in [0.5, 0.6) is 0 Å². The number of carbonyl (C=O) groups excluding carboxylic acids is 2. The molecular formula is C19H20ClNO5S. The maximum Gasteiger partial charge on any atom is 0.338 e. The van der Waals surface area contributed by atoms with Gasteiger partial charge in [-0.2, -0.15) is 0 Å². The molecule has 6 nitrogen and oxygen atoms in total. The maximum absolute atomic E-state index is 12.3. The van der Waals surface area contributed by atoms with Crippen LogP contribution in [0.25, 0.3) is 0 Å². The van der Waals surface area contributed by atoms with Crippen LogP contribution in [0.1, 0.15) is 27.0 Å². The van der Waals surface area contributed by atoms with Crippen LogP contribution in [0, 0.1) is 20.8 Å². The van der Waals surface area contributed by atoms with E-state index in [4.69, 9.17) is 16.3 Å². The third-order valence-electron chi connectivity index (χ3n) is 3.89. The zero-order chi connectivity index (χ0) is 20.4. The third kappa shape index (κ3) is 5.30. The maximum atomic E-state index is 12.3. The number of benzene rings is 2. The van der Waals surface area contributed by atoms with Crippen LogP contribution in [0.15, 0.2) is 35.2 Å². The minimum Gasteiger partial charge on any atom is -0.452 e. The second-order valence-corrected chi connectivity index (χ2v) is 8.73. The van der Waals surface area contributed by atoms with Gasteiger partial charge in [-0.25, -0.2) is 13.2 Å². The Kier molecular flexibility index (Phi) is 6.28. The molecule has 0 radical (unpaired) electrons. The first-order valence-electron chi connectivity index (χ1n) is 8.03. The quantitative estimate of drug-likeness (QED) is 0.764. The monoisotopic (exact) mass is 409 g/mol. The summed E-state index contributed by atoms with van der Waals surface area (Å²) in [5, 5.41) is 3.01. The summed E-state index contributed by atoms with van der Waals surface area (Å²) in [6.45, 7) is 4.82. The fraction of sp³-hybridized carbons (Fsp3) is 0.263. The van der Waals surface area contributed by atoms with E-state index in [-0.39, 0.29) is 10.5 Å². The van der Waals surface area contributed by atoms with E-state index in [1.165, 1.54) is 18.2 Å². The number of rotatable bonds is 5. The van der Waals surface area contributed by atoms with Gasteiger partial charge in [0.25, 0.3) is 5.91 Å². The molecular weight excluding hydrogens is 390 g/mol. The Balaban J connectivity index is 2.09. The SMILES string of the molecule is Cc1cc(C)c(NC(=O)COC(=O)c2cc(S(C)(=O)=O)ccc2C)c(Cl)c1. The number of amides is 1. The van der Waals surface area contributed by atoms with Gasteiger partial charge in [0.1, 0.15) is 0 Å². The molecule has 0 aliphatic rings. The molecule has 0 saturated carbocycles. The topological polar surface area (TPSA) is 89.5 Å². The standard InChI is InChI=1S/C19H20ClNO5S/c1-11-7-13(3)18(16(20)8-11)21-17(22)10-26-19(23)15-9-14(27(4,24)25)6-5-12(15)2/h5-9H,10H2,1-4H3,(H,21,22). The Morgan fingerprint density at radius 3 is 2.33 bits per heavy atom. The lowest BCUT2D eigenvalue weighted by Gasteiger charge is -2.12. The van der Waals surface area contributed by atoms with Gasteiger partial charge in [-0.05, 0) is 55.7 Å². The second-order valence-electron chi connectivity index (χ2n) is 6.31. The lowest BCUT2D eigenvalue weighted by molar-refractivity contribution is -0.119. The molecule has 0 aromatic heterocycles. The smallest absolute Gasteiger partial charge is 0.338 e. The van der Waals surface area contributed by atoms with Crippen molar-refractivity contribution in [2.24, 2.45) is 0 Å². The second kappa shape index (κ2) is 8.10. The minimum atomic E-state index is -3.46. The summed E-state index contributed by atoms with van der Waals surface area (Å²) in [5.41, 5.74) is 2.85. The number of hydrogen-bond donors (Lipinski definition) is 1. The molecule has 0 saturated heterocycles. The molecule has 0 heterocycles. The number of anilines is 1. The van der Waals surface area contributed by atoms with Crippen molar-refractivity contribution < 1.29 is 22.7 Å². The largest absolute Gasteiger partial charge is 0.452 e. The summed E-state index contributed by atoms with van der Waals surface area (Å²) in [6.07, 6.45) is 1.05. The third-order valence-corrected chi connectivity index (χ3v) is 5.30. The van der Waals surface area contributed by atoms with Crippen molar-refractivity contribution in [3.8, 4) is 0 Å². The van der Waals surface area contributed by atoms with E-state index in [0.29, 0.717) is 16.3 Å². The average molecular weight is 410 g/mol. The summed E-state index contributed by atoms with van der Waals surface area (Å²) < 4.78 is 28.3. The van der Waals surface area contributed by atoms with Crippen molar-refractivity contribution in [2.45, 2.75) is 25.7 Å². The van der Waals surface area contributed by atoms with Gasteiger partial charge in [0.15, 0.2) is 16.4 Å². The van der Waals surface area contributed by atoms with Gasteiger partial charge < -0.3 is 10.1 Å². The molecule has 0 atom stereocenters. The molecule has 0 aliphatic heterocycles. The van der Waals surface area contributed by atoms with Crippen LogP contribution < -0.4 is 5.32 Å². The van der Waals surface area contributed by atoms with Crippen molar-refractivity contribution in [3.63, 3.8) is 0 Å². The number of carbonyl (C=O) groups is 2. The number of halogens is 1. The molecule has 144 valence electrons. The molecule has 1 N–H and O–H groups in total. The van der Waals surface area contributed by atoms with Crippen LogP contribution in [0.3, 0.4) is 0 Å². The fourth-order valence-corrected chi connectivity index (χ4v) is 3.53. The Bertz CT molecular complexity index is 992. The van der Waals surface area contributed by atoms with Crippen molar-refractivity contribution in [2.75, 3.05) is 18.2 Å². The van der Waals surface area contributed by atoms with E-state index in [0.717, 1.165) is 17.4 Å². The van der Waals surface area contributed by atoms with Crippen molar-refractivity contribution >= 4 is 39.0 Å². The zero-order valence-corrected chi connectivity index (χ0v) is 17.0. The first-order chi connectivity index (χ1) is 12.5. The molecule has 0 aliphatic carbocycles. The van der Waals surface area contributed by atoms with Gasteiger partial charge in [0, 0.05) is 6.26 Å². The number of nitrogens with one attached hydrogen (secondary N) is 1. The lowest BCUT2D eigenvalue weighted by Crippen LogP contribution is -2.22. The van der Waals surface area contributed by atoms with Gasteiger partial charge in [0.05, 0.1) is 21.2 Å². The van der Waals surface area contributed by atoms with Crippen LogP contribution >= 0.6 is 11.6 Å². The van der Waals surface area contributed by atoms with E-state index in [9.17, 15) is 18.0 Å². The van der Waals surface area contributed by atoms with E-state index in [1.807, 2.05) is 13.0 Å². The van der Waals surface area contributed by atoms with E-state index < -0.39 is 28.3 Å². The van der Waals surface area contributed by atoms with Gasteiger partial charge in [-0.1, -0.05) is 23.7 Å². The highest BCUT2D eigenvalue weighted by atomic mass is 35.5. The first kappa shape index (κ1) is 20.9. The number of hydrogen-bond acceptors (Lipinski definition) is 5. The molecule has 2 aromatic rings. The van der Waals surface area contributed by atoms with Crippen LogP contribution in [0.4, 0.5) is 5.69 Å². The molecule has 8 heteroatoms. The van der Waals surface area contributed by atoms with Crippen molar-refractivity contribution in [1.29, 1.82) is 0 Å². The summed E-state index contributed by atoms with van der Waals surface area (Å²) >= 11 is 6.14. The molecule has 1 amide bonds. The average Bonchev–Trinajstić information content (AvgIpc) is 2.55. The first-order valence-corrected chi connectivity index (χ1v) is 10.3. The van der Waals surface area contributed by atoms with Gasteiger partial charge in [-0.15, -0.1) is 0 Å². The number of esters is 1. The Morgan fingerprint density at radius 1 is 1.07 bits per heavy atom. The van der Waals surface area contributed by atoms with Crippen LogP contribution in [0.2, 0.25) is 5.02 Å².